The minimum atomic E-state index is -3.66. The fraction of sp³-hybridized carbons (Fsp3) is 0.286. The lowest BCUT2D eigenvalue weighted by Gasteiger charge is -2.27. The van der Waals surface area contributed by atoms with E-state index in [4.69, 9.17) is 4.52 Å². The molecule has 1 amide bonds. The Morgan fingerprint density at radius 2 is 1.67 bits per heavy atom. The molecule has 1 heterocycles. The molecule has 2 aromatic carbocycles. The van der Waals surface area contributed by atoms with E-state index in [1.54, 1.807) is 7.05 Å². The van der Waals surface area contributed by atoms with Crippen molar-refractivity contribution in [3.8, 4) is 11.4 Å². The van der Waals surface area contributed by atoms with Crippen LogP contribution in [-0.2, 0) is 21.4 Å². The first kappa shape index (κ1) is 21.5. The summed E-state index contributed by atoms with van der Waals surface area (Å²) in [6, 6.07) is 14.8. The molecule has 0 fully saturated rings. The van der Waals surface area contributed by atoms with Gasteiger partial charge in [0.2, 0.25) is 27.6 Å². The summed E-state index contributed by atoms with van der Waals surface area (Å²) < 4.78 is 31.2. The lowest BCUT2D eigenvalue weighted by molar-refractivity contribution is -0.129. The van der Waals surface area contributed by atoms with Crippen molar-refractivity contribution in [2.24, 2.45) is 0 Å². The van der Waals surface area contributed by atoms with Crippen LogP contribution in [0.25, 0.3) is 11.4 Å². The SMILES string of the molecule is Cc1cccc(C)c1N(CC(=O)N(C)Cc1nc(-c2ccccc2)no1)S(C)(=O)=O. The maximum Gasteiger partial charge on any atom is 0.246 e. The van der Waals surface area contributed by atoms with Crippen LogP contribution in [0.3, 0.4) is 0 Å². The van der Waals surface area contributed by atoms with Gasteiger partial charge in [-0.3, -0.25) is 9.10 Å². The third-order valence-electron chi connectivity index (χ3n) is 4.67. The molecule has 158 valence electrons. The summed E-state index contributed by atoms with van der Waals surface area (Å²) in [5, 5.41) is 3.94. The van der Waals surface area contributed by atoms with Gasteiger partial charge >= 0.3 is 0 Å². The third-order valence-corrected chi connectivity index (χ3v) is 5.78. The molecule has 3 rings (SSSR count). The van der Waals surface area contributed by atoms with Gasteiger partial charge in [-0.1, -0.05) is 53.7 Å². The highest BCUT2D eigenvalue weighted by atomic mass is 32.2. The number of anilines is 1. The number of likely N-dealkylation sites (N-methyl/N-ethyl adjacent to an activating group) is 1. The number of aryl methyl sites for hydroxylation is 2. The van der Waals surface area contributed by atoms with Gasteiger partial charge in [-0.15, -0.1) is 0 Å². The summed E-state index contributed by atoms with van der Waals surface area (Å²) >= 11 is 0. The second kappa shape index (κ2) is 8.66. The van der Waals surface area contributed by atoms with Crippen molar-refractivity contribution in [3.05, 3.63) is 65.5 Å². The van der Waals surface area contributed by atoms with Crippen molar-refractivity contribution in [3.63, 3.8) is 0 Å². The molecule has 1 aromatic heterocycles. The average molecular weight is 429 g/mol. The van der Waals surface area contributed by atoms with Gasteiger partial charge in [-0.05, 0) is 25.0 Å². The molecule has 0 radical (unpaired) electrons. The van der Waals surface area contributed by atoms with Crippen LogP contribution in [0.5, 0.6) is 0 Å². The Kier molecular flexibility index (Phi) is 6.21. The summed E-state index contributed by atoms with van der Waals surface area (Å²) in [5.41, 5.74) is 2.88. The van der Waals surface area contributed by atoms with Gasteiger partial charge in [0.1, 0.15) is 6.54 Å². The van der Waals surface area contributed by atoms with Crippen molar-refractivity contribution >= 4 is 21.6 Å². The molecule has 0 saturated carbocycles. The molecule has 30 heavy (non-hydrogen) atoms. The summed E-state index contributed by atoms with van der Waals surface area (Å²) in [6.45, 7) is 3.39. The Labute approximate surface area is 176 Å². The van der Waals surface area contributed by atoms with Crippen LogP contribution < -0.4 is 4.31 Å². The summed E-state index contributed by atoms with van der Waals surface area (Å²) in [7, 11) is -2.09. The highest BCUT2D eigenvalue weighted by molar-refractivity contribution is 7.92. The number of hydrogen-bond acceptors (Lipinski definition) is 6. The van der Waals surface area contributed by atoms with Crippen LogP contribution in [0.4, 0.5) is 5.69 Å². The van der Waals surface area contributed by atoms with Crippen LogP contribution >= 0.6 is 0 Å². The average Bonchev–Trinajstić information content (AvgIpc) is 3.15. The molecule has 8 nitrogen and oxygen atoms in total. The van der Waals surface area contributed by atoms with Gasteiger partial charge in [-0.25, -0.2) is 8.42 Å². The molecule has 0 aliphatic heterocycles. The molecule has 0 aliphatic rings. The van der Waals surface area contributed by atoms with Crippen molar-refractivity contribution in [2.75, 3.05) is 24.2 Å². The van der Waals surface area contributed by atoms with Crippen molar-refractivity contribution < 1.29 is 17.7 Å². The fourth-order valence-electron chi connectivity index (χ4n) is 3.12. The van der Waals surface area contributed by atoms with E-state index in [-0.39, 0.29) is 24.9 Å². The maximum absolute atomic E-state index is 12.8. The normalized spacial score (nSPS) is 11.3. The van der Waals surface area contributed by atoms with Gasteiger partial charge in [0, 0.05) is 12.6 Å². The number of carbonyl (C=O) groups is 1. The molecule has 0 atom stereocenters. The van der Waals surface area contributed by atoms with Gasteiger partial charge in [0.25, 0.3) is 0 Å². The quantitative estimate of drug-likeness (QED) is 0.574. The standard InChI is InChI=1S/C21H24N4O4S/c1-15-9-8-10-16(2)20(15)25(30(4,27)28)14-19(26)24(3)13-18-22-21(23-29-18)17-11-6-5-7-12-17/h5-12H,13-14H2,1-4H3. The number of sulfonamides is 1. The predicted octanol–water partition coefficient (Wildman–Crippen LogP) is 2.78. The van der Waals surface area contributed by atoms with E-state index in [9.17, 15) is 13.2 Å². The molecule has 0 saturated heterocycles. The topological polar surface area (TPSA) is 96.6 Å². The highest BCUT2D eigenvalue weighted by Crippen LogP contribution is 2.26. The van der Waals surface area contributed by atoms with Crippen LogP contribution in [0, 0.1) is 13.8 Å². The zero-order valence-corrected chi connectivity index (χ0v) is 18.2. The summed E-state index contributed by atoms with van der Waals surface area (Å²) in [5.74, 6) is 0.310. The monoisotopic (exact) mass is 428 g/mol. The van der Waals surface area contributed by atoms with Crippen LogP contribution in [0.15, 0.2) is 53.1 Å². The van der Waals surface area contributed by atoms with E-state index in [2.05, 4.69) is 10.1 Å². The Bertz CT molecular complexity index is 1120. The Balaban J connectivity index is 1.76. The zero-order chi connectivity index (χ0) is 21.9. The van der Waals surface area contributed by atoms with E-state index < -0.39 is 10.0 Å². The first-order valence-corrected chi connectivity index (χ1v) is 11.2. The van der Waals surface area contributed by atoms with Crippen LogP contribution in [0.1, 0.15) is 17.0 Å². The van der Waals surface area contributed by atoms with Crippen LogP contribution in [0.2, 0.25) is 0 Å². The first-order chi connectivity index (χ1) is 14.2. The number of amides is 1. The molecule has 0 spiro atoms. The van der Waals surface area contributed by atoms with Gasteiger partial charge in [0.15, 0.2) is 0 Å². The van der Waals surface area contributed by atoms with E-state index in [1.165, 1.54) is 4.90 Å². The number of hydrogen-bond donors (Lipinski definition) is 0. The number of carbonyl (C=O) groups excluding carboxylic acids is 1. The molecule has 0 aliphatic carbocycles. The second-order valence-electron chi connectivity index (χ2n) is 7.14. The van der Waals surface area contributed by atoms with E-state index >= 15 is 0 Å². The summed E-state index contributed by atoms with van der Waals surface area (Å²) in [6.07, 6.45) is 1.09. The molecular weight excluding hydrogens is 404 g/mol. The van der Waals surface area contributed by atoms with Gasteiger partial charge < -0.3 is 9.42 Å². The number of para-hydroxylation sites is 1. The van der Waals surface area contributed by atoms with Crippen molar-refractivity contribution in [1.29, 1.82) is 0 Å². The molecule has 3 aromatic rings. The van der Waals surface area contributed by atoms with Gasteiger partial charge in [0.05, 0.1) is 18.5 Å². The number of aromatic nitrogens is 2. The number of rotatable bonds is 7. The fourth-order valence-corrected chi connectivity index (χ4v) is 4.08. The second-order valence-corrected chi connectivity index (χ2v) is 9.04. The van der Waals surface area contributed by atoms with E-state index in [0.717, 1.165) is 27.3 Å². The van der Waals surface area contributed by atoms with Gasteiger partial charge in [-0.2, -0.15) is 4.98 Å². The molecule has 0 unspecified atom stereocenters. The maximum atomic E-state index is 12.8. The van der Waals surface area contributed by atoms with Crippen molar-refractivity contribution in [1.82, 2.24) is 15.0 Å². The van der Waals surface area contributed by atoms with E-state index in [0.29, 0.717) is 11.5 Å². The molecule has 0 N–H and O–H groups in total. The van der Waals surface area contributed by atoms with E-state index in [1.807, 2.05) is 62.4 Å². The minimum Gasteiger partial charge on any atom is -0.337 e. The lowest BCUT2D eigenvalue weighted by Crippen LogP contribution is -2.41. The largest absolute Gasteiger partial charge is 0.337 e. The number of benzene rings is 2. The predicted molar refractivity (Wildman–Crippen MR) is 114 cm³/mol. The molecule has 9 heteroatoms. The smallest absolute Gasteiger partial charge is 0.246 e. The third kappa shape index (κ3) is 4.85. The zero-order valence-electron chi connectivity index (χ0n) is 17.4. The lowest BCUT2D eigenvalue weighted by atomic mass is 10.1. The minimum absolute atomic E-state index is 0.0724. The first-order valence-electron chi connectivity index (χ1n) is 9.32. The van der Waals surface area contributed by atoms with Crippen molar-refractivity contribution in [2.45, 2.75) is 20.4 Å². The Morgan fingerprint density at radius 3 is 2.27 bits per heavy atom. The Morgan fingerprint density at radius 1 is 1.03 bits per heavy atom. The molecular formula is C21H24N4O4S. The highest BCUT2D eigenvalue weighted by Gasteiger charge is 2.26. The summed E-state index contributed by atoms with van der Waals surface area (Å²) in [4.78, 5) is 18.5. The number of nitrogens with zero attached hydrogens (tertiary/aromatic N) is 4. The van der Waals surface area contributed by atoms with Crippen LogP contribution in [-0.4, -0.2) is 49.2 Å². The Hall–Kier alpha value is -3.20. The molecule has 0 bridgehead atoms.